The summed E-state index contributed by atoms with van der Waals surface area (Å²) in [6.07, 6.45) is -8.29. The second kappa shape index (κ2) is 9.94. The Morgan fingerprint density at radius 1 is 1.00 bits per heavy atom. The van der Waals surface area contributed by atoms with Gasteiger partial charge in [-0.3, -0.25) is 4.98 Å². The molecule has 2 N–H and O–H groups in total. The molecule has 0 aliphatic heterocycles. The first-order chi connectivity index (χ1) is 16.4. The molecular weight excluding hydrogens is 486 g/mol. The first-order valence-corrected chi connectivity index (χ1v) is 9.57. The van der Waals surface area contributed by atoms with Crippen molar-refractivity contribution in [1.82, 2.24) is 24.9 Å². The first-order valence-electron chi connectivity index (χ1n) is 9.57. The predicted molar refractivity (Wildman–Crippen MR) is 110 cm³/mol. The molecule has 10 nitrogen and oxygen atoms in total. The number of carbonyl (C=O) groups is 1. The van der Waals surface area contributed by atoms with Crippen LogP contribution in [0.1, 0.15) is 12.6 Å². The maximum absolute atomic E-state index is 13.1. The maximum atomic E-state index is 13.1. The monoisotopic (exact) mass is 502 g/mol. The van der Waals surface area contributed by atoms with Gasteiger partial charge < -0.3 is 15.4 Å². The highest BCUT2D eigenvalue weighted by molar-refractivity contribution is 5.93. The maximum Gasteiger partial charge on any atom is 0.433 e. The van der Waals surface area contributed by atoms with Gasteiger partial charge in [-0.05, 0) is 31.2 Å². The minimum atomic E-state index is -4.75. The first kappa shape index (κ1) is 25.4. The van der Waals surface area contributed by atoms with Crippen LogP contribution in [0.4, 0.5) is 60.5 Å². The summed E-state index contributed by atoms with van der Waals surface area (Å²) in [4.78, 5) is 32.0. The van der Waals surface area contributed by atoms with Crippen molar-refractivity contribution >= 4 is 35.4 Å². The van der Waals surface area contributed by atoms with Crippen LogP contribution >= 0.6 is 0 Å². The van der Waals surface area contributed by atoms with Crippen molar-refractivity contribution in [2.45, 2.75) is 25.3 Å². The lowest BCUT2D eigenvalue weighted by molar-refractivity contribution is -0.141. The number of pyridine rings is 2. The second-order valence-corrected chi connectivity index (χ2v) is 6.74. The van der Waals surface area contributed by atoms with Gasteiger partial charge in [-0.25, -0.2) is 9.78 Å². The Hall–Kier alpha value is -4.24. The minimum Gasteiger partial charge on any atom is -0.452 e. The number of alkyl halides is 6. The molecule has 0 saturated carbocycles. The number of hydrogen-bond donors (Lipinski definition) is 2. The molecule has 0 spiro atoms. The summed E-state index contributed by atoms with van der Waals surface area (Å²) in [5.41, 5.74) is -1.41. The number of ether oxygens (including phenoxy) is 1. The van der Waals surface area contributed by atoms with E-state index in [1.165, 1.54) is 18.3 Å². The Morgan fingerprint density at radius 2 is 1.71 bits per heavy atom. The fraction of sp³-hybridized carbons (Fsp3) is 0.263. The summed E-state index contributed by atoms with van der Waals surface area (Å²) in [5.74, 6) is -1.67. The topological polar surface area (TPSA) is 118 Å². The standard InChI is InChI=1S/C19H16F6N8O2/c1-10(18(20,21)22)28-14-30-15(29-11-6-8-26-12(9-11)19(23,24)25)32-16(31-14)33(17(34)35-2)13-5-3-4-7-27-13/h3-10H,1-2H3,(H2,26,28,29,30,31,32). The Bertz CT molecular complexity index is 1180. The molecule has 1 unspecified atom stereocenters. The summed E-state index contributed by atoms with van der Waals surface area (Å²) in [6.45, 7) is 0.797. The molecule has 0 fully saturated rings. The van der Waals surface area contributed by atoms with E-state index in [4.69, 9.17) is 4.74 Å². The van der Waals surface area contributed by atoms with Gasteiger partial charge in [-0.2, -0.15) is 46.2 Å². The molecule has 35 heavy (non-hydrogen) atoms. The third kappa shape index (κ3) is 6.42. The van der Waals surface area contributed by atoms with Crippen LogP contribution in [0.5, 0.6) is 0 Å². The van der Waals surface area contributed by atoms with Gasteiger partial charge in [0.05, 0.1) is 7.11 Å². The van der Waals surface area contributed by atoms with Gasteiger partial charge in [0.15, 0.2) is 0 Å². The van der Waals surface area contributed by atoms with Gasteiger partial charge in [-0.1, -0.05) is 6.07 Å². The van der Waals surface area contributed by atoms with Gasteiger partial charge in [0.2, 0.25) is 17.8 Å². The highest BCUT2D eigenvalue weighted by atomic mass is 19.4. The summed E-state index contributed by atoms with van der Waals surface area (Å²) < 4.78 is 83.0. The lowest BCUT2D eigenvalue weighted by Gasteiger charge is -2.21. The Kier molecular flexibility index (Phi) is 7.21. The van der Waals surface area contributed by atoms with E-state index in [0.717, 1.165) is 31.2 Å². The van der Waals surface area contributed by atoms with Crippen LogP contribution in [-0.4, -0.2) is 50.3 Å². The molecule has 0 saturated heterocycles. The zero-order valence-electron chi connectivity index (χ0n) is 17.9. The van der Waals surface area contributed by atoms with Gasteiger partial charge in [0, 0.05) is 18.1 Å². The number of nitrogens with one attached hydrogen (secondary N) is 2. The van der Waals surface area contributed by atoms with Crippen LogP contribution in [0.25, 0.3) is 0 Å². The largest absolute Gasteiger partial charge is 0.452 e. The van der Waals surface area contributed by atoms with Crippen molar-refractivity contribution in [2.75, 3.05) is 22.6 Å². The van der Waals surface area contributed by atoms with E-state index in [1.807, 2.05) is 5.32 Å². The zero-order valence-corrected chi connectivity index (χ0v) is 17.9. The van der Waals surface area contributed by atoms with Gasteiger partial charge in [0.25, 0.3) is 0 Å². The number of carbonyl (C=O) groups excluding carboxylic acids is 1. The number of nitrogens with zero attached hydrogens (tertiary/aromatic N) is 6. The van der Waals surface area contributed by atoms with Crippen LogP contribution < -0.4 is 15.5 Å². The third-order valence-corrected chi connectivity index (χ3v) is 4.20. The number of methoxy groups -OCH3 is 1. The van der Waals surface area contributed by atoms with Crippen molar-refractivity contribution in [3.63, 3.8) is 0 Å². The molecule has 3 heterocycles. The van der Waals surface area contributed by atoms with Crippen molar-refractivity contribution in [1.29, 1.82) is 0 Å². The molecule has 0 bridgehead atoms. The van der Waals surface area contributed by atoms with E-state index >= 15 is 0 Å². The number of hydrogen-bond acceptors (Lipinski definition) is 9. The second-order valence-electron chi connectivity index (χ2n) is 6.74. The van der Waals surface area contributed by atoms with Crippen molar-refractivity contribution < 1.29 is 35.9 Å². The number of anilines is 5. The predicted octanol–water partition coefficient (Wildman–Crippen LogP) is 4.69. The summed E-state index contributed by atoms with van der Waals surface area (Å²) in [6, 6.07) is 4.10. The molecule has 0 aliphatic rings. The van der Waals surface area contributed by atoms with E-state index < -0.39 is 48.0 Å². The lowest BCUT2D eigenvalue weighted by atomic mass is 10.3. The summed E-state index contributed by atoms with van der Waals surface area (Å²) >= 11 is 0. The molecule has 16 heteroatoms. The van der Waals surface area contributed by atoms with E-state index in [-0.39, 0.29) is 11.5 Å². The molecule has 1 amide bonds. The molecule has 3 aromatic heterocycles. The number of aromatic nitrogens is 5. The smallest absolute Gasteiger partial charge is 0.433 e. The van der Waals surface area contributed by atoms with Gasteiger partial charge >= 0.3 is 18.4 Å². The molecule has 0 aliphatic carbocycles. The summed E-state index contributed by atoms with van der Waals surface area (Å²) in [5, 5.41) is 4.48. The van der Waals surface area contributed by atoms with Crippen LogP contribution in [0.2, 0.25) is 0 Å². The summed E-state index contributed by atoms with van der Waals surface area (Å²) in [7, 11) is 1.04. The number of rotatable bonds is 6. The van der Waals surface area contributed by atoms with Crippen LogP contribution in [-0.2, 0) is 10.9 Å². The van der Waals surface area contributed by atoms with E-state index in [2.05, 4.69) is 30.2 Å². The van der Waals surface area contributed by atoms with Gasteiger partial charge in [0.1, 0.15) is 17.6 Å². The minimum absolute atomic E-state index is 0.0467. The van der Waals surface area contributed by atoms with E-state index in [9.17, 15) is 31.1 Å². The zero-order chi connectivity index (χ0) is 25.8. The van der Waals surface area contributed by atoms with Crippen LogP contribution in [0.15, 0.2) is 42.7 Å². The van der Waals surface area contributed by atoms with Crippen molar-refractivity contribution in [3.8, 4) is 0 Å². The molecule has 0 aromatic carbocycles. The average Bonchev–Trinajstić information content (AvgIpc) is 2.78. The van der Waals surface area contributed by atoms with E-state index in [1.54, 1.807) is 6.07 Å². The fourth-order valence-corrected chi connectivity index (χ4v) is 2.51. The molecule has 3 aromatic rings. The Balaban J connectivity index is 2.09. The average molecular weight is 502 g/mol. The third-order valence-electron chi connectivity index (χ3n) is 4.20. The normalized spacial score (nSPS) is 12.6. The number of halogens is 6. The van der Waals surface area contributed by atoms with E-state index in [0.29, 0.717) is 6.07 Å². The van der Waals surface area contributed by atoms with Crippen molar-refractivity contribution in [3.05, 3.63) is 48.4 Å². The number of amides is 1. The van der Waals surface area contributed by atoms with Crippen molar-refractivity contribution in [2.24, 2.45) is 0 Å². The highest BCUT2D eigenvalue weighted by Crippen LogP contribution is 2.30. The van der Waals surface area contributed by atoms with Crippen LogP contribution in [0.3, 0.4) is 0 Å². The fourth-order valence-electron chi connectivity index (χ4n) is 2.51. The molecule has 1 atom stereocenters. The lowest BCUT2D eigenvalue weighted by Crippen LogP contribution is -2.34. The molecule has 0 radical (unpaired) electrons. The van der Waals surface area contributed by atoms with Gasteiger partial charge in [-0.15, -0.1) is 0 Å². The molecular formula is C19H16F6N8O2. The SMILES string of the molecule is COC(=O)N(c1ccccn1)c1nc(Nc2ccnc(C(F)(F)F)c2)nc(NC(C)C(F)(F)F)n1. The quantitative estimate of drug-likeness (QED) is 0.463. The Labute approximate surface area is 193 Å². The highest BCUT2D eigenvalue weighted by Gasteiger charge is 2.37. The molecule has 3 rings (SSSR count). The van der Waals surface area contributed by atoms with Crippen LogP contribution in [0, 0.1) is 0 Å². The molecule has 186 valence electrons. The Morgan fingerprint density at radius 3 is 2.31 bits per heavy atom.